The second kappa shape index (κ2) is 10.4. The normalized spacial score (nSPS) is 12.1. The van der Waals surface area contributed by atoms with Crippen molar-refractivity contribution < 1.29 is 9.47 Å². The molecule has 0 spiro atoms. The van der Waals surface area contributed by atoms with Crippen LogP contribution >= 0.6 is 81.2 Å². The lowest BCUT2D eigenvalue weighted by Gasteiger charge is -2.19. The monoisotopic (exact) mass is 547 g/mol. The van der Waals surface area contributed by atoms with E-state index in [4.69, 9.17) is 90.7 Å². The summed E-state index contributed by atoms with van der Waals surface area (Å²) in [6.07, 6.45) is 0. The van der Waals surface area contributed by atoms with Gasteiger partial charge in [-0.05, 0) is 35.3 Å². The summed E-state index contributed by atoms with van der Waals surface area (Å²) in [5.74, 6) is 1.68. The van der Waals surface area contributed by atoms with E-state index in [1.807, 2.05) is 6.07 Å². The maximum atomic E-state index is 6.02. The van der Waals surface area contributed by atoms with E-state index < -0.39 is 0 Å². The number of hydrogen-bond donors (Lipinski definition) is 1. The summed E-state index contributed by atoms with van der Waals surface area (Å²) in [5, 5.41) is 3.55. The first kappa shape index (κ1) is 23.5. The molecule has 0 radical (unpaired) electrons. The second-order valence-electron chi connectivity index (χ2n) is 5.32. The molecule has 158 valence electrons. The fraction of sp³-hybridized carbons (Fsp3) is 0.125. The molecule has 0 unspecified atom stereocenters. The van der Waals surface area contributed by atoms with Crippen LogP contribution in [0.2, 0.25) is 36.1 Å². The molecule has 2 aromatic heterocycles. The number of ether oxygens (including phenoxy) is 2. The molecule has 0 aliphatic carbocycles. The largest absolute Gasteiger partial charge is 0.486 e. The third-order valence-corrected chi connectivity index (χ3v) is 5.50. The number of nitrogens with one attached hydrogen (secondary N) is 1. The minimum Gasteiger partial charge on any atom is -0.486 e. The summed E-state index contributed by atoms with van der Waals surface area (Å²) in [7, 11) is 0. The Labute approximate surface area is 205 Å². The lowest BCUT2D eigenvalue weighted by Crippen LogP contribution is -2.15. The molecule has 0 atom stereocenters. The molecule has 4 rings (SSSR count). The number of nitrogens with zero attached hydrogens (tertiary/aromatic N) is 4. The molecule has 0 amide bonds. The Morgan fingerprint density at radius 3 is 1.83 bits per heavy atom. The van der Waals surface area contributed by atoms with Crippen LogP contribution in [0, 0.1) is 0 Å². The third-order valence-electron chi connectivity index (χ3n) is 3.33. The van der Waals surface area contributed by atoms with Gasteiger partial charge in [0.25, 0.3) is 0 Å². The standard InChI is InChI=1S/C12H8Cl3N3O2.C4Cl4N2/c13-9-10(14)17-12(15)18-11(9)16-6-1-2-7-8(5-6)20-4-3-19-7;5-1-2(6)9-4(8)10-3(1)7/h1-2,5H,3-4H2,(H,16,17,18);. The molecule has 1 N–H and O–H groups in total. The average molecular weight is 550 g/mol. The van der Waals surface area contributed by atoms with Crippen molar-refractivity contribution in [2.24, 2.45) is 0 Å². The van der Waals surface area contributed by atoms with Gasteiger partial charge in [-0.2, -0.15) is 4.98 Å². The van der Waals surface area contributed by atoms with Crippen molar-refractivity contribution >= 4 is 92.7 Å². The van der Waals surface area contributed by atoms with Gasteiger partial charge in [0, 0.05) is 11.8 Å². The summed E-state index contributed by atoms with van der Waals surface area (Å²) in [6, 6.07) is 5.40. The smallest absolute Gasteiger partial charge is 0.225 e. The summed E-state index contributed by atoms with van der Waals surface area (Å²) in [5.41, 5.74) is 0.724. The van der Waals surface area contributed by atoms with Crippen LogP contribution in [0.3, 0.4) is 0 Å². The van der Waals surface area contributed by atoms with Gasteiger partial charge in [-0.3, -0.25) is 0 Å². The molecule has 1 aromatic carbocycles. The van der Waals surface area contributed by atoms with Crippen LogP contribution in [-0.4, -0.2) is 33.1 Å². The van der Waals surface area contributed by atoms with E-state index in [1.165, 1.54) is 0 Å². The third kappa shape index (κ3) is 5.95. The van der Waals surface area contributed by atoms with E-state index in [1.54, 1.807) is 12.1 Å². The highest BCUT2D eigenvalue weighted by atomic mass is 35.5. The summed E-state index contributed by atoms with van der Waals surface area (Å²) in [6.45, 7) is 1.06. The van der Waals surface area contributed by atoms with Crippen molar-refractivity contribution in [3.8, 4) is 11.5 Å². The van der Waals surface area contributed by atoms with Crippen molar-refractivity contribution in [1.82, 2.24) is 19.9 Å². The molecule has 3 heterocycles. The Hall–Kier alpha value is -1.19. The fourth-order valence-corrected chi connectivity index (χ4v) is 3.35. The number of halogens is 7. The fourth-order valence-electron chi connectivity index (χ4n) is 2.11. The van der Waals surface area contributed by atoms with Gasteiger partial charge in [-0.1, -0.05) is 58.0 Å². The van der Waals surface area contributed by atoms with E-state index in [0.717, 1.165) is 5.69 Å². The zero-order valence-electron chi connectivity index (χ0n) is 14.4. The highest BCUT2D eigenvalue weighted by molar-refractivity contribution is 6.47. The first-order valence-electron chi connectivity index (χ1n) is 7.84. The first-order valence-corrected chi connectivity index (χ1v) is 10.5. The van der Waals surface area contributed by atoms with Crippen LogP contribution in [0.15, 0.2) is 18.2 Å². The van der Waals surface area contributed by atoms with Gasteiger partial charge < -0.3 is 14.8 Å². The van der Waals surface area contributed by atoms with Crippen LogP contribution in [0.25, 0.3) is 0 Å². The Kier molecular flexibility index (Phi) is 8.15. The maximum Gasteiger partial charge on any atom is 0.225 e. The van der Waals surface area contributed by atoms with Crippen LogP contribution in [0.5, 0.6) is 11.5 Å². The van der Waals surface area contributed by atoms with E-state index >= 15 is 0 Å². The van der Waals surface area contributed by atoms with Gasteiger partial charge >= 0.3 is 0 Å². The highest BCUT2D eigenvalue weighted by Crippen LogP contribution is 2.35. The van der Waals surface area contributed by atoms with E-state index in [0.29, 0.717) is 30.5 Å². The van der Waals surface area contributed by atoms with Crippen molar-refractivity contribution in [2.45, 2.75) is 0 Å². The zero-order chi connectivity index (χ0) is 21.8. The topological polar surface area (TPSA) is 82.1 Å². The van der Waals surface area contributed by atoms with Crippen LogP contribution in [-0.2, 0) is 0 Å². The molecule has 30 heavy (non-hydrogen) atoms. The zero-order valence-corrected chi connectivity index (χ0v) is 19.7. The Balaban J connectivity index is 0.000000216. The van der Waals surface area contributed by atoms with Crippen molar-refractivity contribution in [2.75, 3.05) is 18.5 Å². The predicted octanol–water partition coefficient (Wildman–Crippen LogP) is 7.04. The molecule has 0 saturated heterocycles. The second-order valence-corrected chi connectivity index (χ2v) is 7.82. The van der Waals surface area contributed by atoms with Crippen LogP contribution in [0.4, 0.5) is 11.5 Å². The molecule has 14 heteroatoms. The Bertz CT molecular complexity index is 1060. The van der Waals surface area contributed by atoms with Gasteiger partial charge in [0.2, 0.25) is 10.6 Å². The maximum absolute atomic E-state index is 6.02. The number of anilines is 2. The van der Waals surface area contributed by atoms with Gasteiger partial charge in [0.1, 0.15) is 23.3 Å². The molecule has 3 aromatic rings. The van der Waals surface area contributed by atoms with Crippen LogP contribution < -0.4 is 14.8 Å². The van der Waals surface area contributed by atoms with Crippen molar-refractivity contribution in [1.29, 1.82) is 0 Å². The SMILES string of the molecule is Clc1nc(Cl)c(Cl)c(Cl)n1.Clc1nc(Cl)c(Cl)c(Nc2ccc3c(c2)OCCO3)n1. The quantitative estimate of drug-likeness (QED) is 0.271. The van der Waals surface area contributed by atoms with E-state index in [9.17, 15) is 0 Å². The average Bonchev–Trinajstić information content (AvgIpc) is 2.70. The lowest BCUT2D eigenvalue weighted by atomic mass is 10.2. The molecular formula is C16H8Cl7N5O2. The molecule has 7 nitrogen and oxygen atoms in total. The van der Waals surface area contributed by atoms with E-state index in [-0.39, 0.29) is 36.1 Å². The van der Waals surface area contributed by atoms with Crippen LogP contribution in [0.1, 0.15) is 0 Å². The van der Waals surface area contributed by atoms with Crippen molar-refractivity contribution in [3.63, 3.8) is 0 Å². The number of rotatable bonds is 2. The van der Waals surface area contributed by atoms with Gasteiger partial charge in [-0.15, -0.1) is 0 Å². The van der Waals surface area contributed by atoms with Gasteiger partial charge in [-0.25, -0.2) is 15.0 Å². The number of hydrogen-bond acceptors (Lipinski definition) is 7. The lowest BCUT2D eigenvalue weighted by molar-refractivity contribution is 0.171. The van der Waals surface area contributed by atoms with E-state index in [2.05, 4.69) is 25.3 Å². The molecular weight excluding hydrogens is 542 g/mol. The molecule has 1 aliphatic heterocycles. The summed E-state index contributed by atoms with van der Waals surface area (Å²) >= 11 is 39.4. The van der Waals surface area contributed by atoms with Gasteiger partial charge in [0.15, 0.2) is 32.8 Å². The first-order chi connectivity index (χ1) is 14.2. The van der Waals surface area contributed by atoms with Gasteiger partial charge in [0.05, 0.1) is 0 Å². The molecule has 0 fully saturated rings. The van der Waals surface area contributed by atoms with Crippen molar-refractivity contribution in [3.05, 3.63) is 54.3 Å². The minimum absolute atomic E-state index is 0.0134. The summed E-state index contributed by atoms with van der Waals surface area (Å²) in [4.78, 5) is 14.8. The Morgan fingerprint density at radius 2 is 1.20 bits per heavy atom. The molecule has 0 bridgehead atoms. The molecule has 0 saturated carbocycles. The minimum atomic E-state index is -0.0144. The number of aromatic nitrogens is 4. The summed E-state index contributed by atoms with van der Waals surface area (Å²) < 4.78 is 10.9. The highest BCUT2D eigenvalue weighted by Gasteiger charge is 2.14. The number of fused-ring (bicyclic) bond motifs is 1. The molecule has 1 aliphatic rings. The number of benzene rings is 1. The Morgan fingerprint density at radius 1 is 0.667 bits per heavy atom. The predicted molar refractivity (Wildman–Crippen MR) is 120 cm³/mol.